The maximum atomic E-state index is 5.22. The van der Waals surface area contributed by atoms with E-state index in [0.29, 0.717) is 6.61 Å². The van der Waals surface area contributed by atoms with Crippen molar-refractivity contribution in [1.82, 2.24) is 0 Å². The average molecular weight is 137 g/mol. The van der Waals surface area contributed by atoms with Crippen molar-refractivity contribution in [2.24, 2.45) is 4.99 Å². The van der Waals surface area contributed by atoms with Gasteiger partial charge >= 0.3 is 0 Å². The second-order valence-corrected chi connectivity index (χ2v) is 1.92. The molecule has 0 unspecified atom stereocenters. The number of nitrogens with zero attached hydrogens (tertiary/aromatic N) is 1. The minimum atomic E-state index is 0.700. The molecule has 1 heterocycles. The molecule has 0 aromatic rings. The summed E-state index contributed by atoms with van der Waals surface area (Å²) in [4.78, 5) is 4.07. The molecule has 0 N–H and O–H groups in total. The number of rotatable bonds is 2. The minimum Gasteiger partial charge on any atom is -0.492 e. The maximum Gasteiger partial charge on any atom is 0.137 e. The molecule has 54 valence electrons. The Balaban J connectivity index is 2.55. The highest BCUT2D eigenvalue weighted by Crippen LogP contribution is 1.97. The number of allylic oxidation sites excluding steroid dienone is 3. The number of hydrogen-bond donors (Lipinski definition) is 0. The molecule has 0 aromatic carbocycles. The Morgan fingerprint density at radius 1 is 1.70 bits per heavy atom. The van der Waals surface area contributed by atoms with Gasteiger partial charge in [0, 0.05) is 0 Å². The van der Waals surface area contributed by atoms with Crippen LogP contribution in [0.2, 0.25) is 0 Å². The molecule has 0 radical (unpaired) electrons. The van der Waals surface area contributed by atoms with E-state index in [2.05, 4.69) is 4.99 Å². The van der Waals surface area contributed by atoms with E-state index in [1.54, 1.807) is 6.21 Å². The summed E-state index contributed by atoms with van der Waals surface area (Å²) in [7, 11) is 0. The third-order valence-electron chi connectivity index (χ3n) is 1.14. The van der Waals surface area contributed by atoms with Gasteiger partial charge in [-0.05, 0) is 13.0 Å². The Morgan fingerprint density at radius 2 is 2.60 bits per heavy atom. The van der Waals surface area contributed by atoms with Gasteiger partial charge in [0.05, 0.1) is 19.4 Å². The van der Waals surface area contributed by atoms with Crippen molar-refractivity contribution in [3.63, 3.8) is 0 Å². The standard InChI is InChI=1S/C8H11NO/c1-2-10-8-5-3-4-6-9-7-8/h3-5,7H,2,6H2,1H3. The Hall–Kier alpha value is -1.05. The largest absolute Gasteiger partial charge is 0.492 e. The summed E-state index contributed by atoms with van der Waals surface area (Å²) < 4.78 is 5.22. The predicted molar refractivity (Wildman–Crippen MR) is 42.2 cm³/mol. The summed E-state index contributed by atoms with van der Waals surface area (Å²) in [6.45, 7) is 3.42. The Bertz CT molecular complexity index is 180. The van der Waals surface area contributed by atoms with E-state index in [9.17, 15) is 0 Å². The van der Waals surface area contributed by atoms with Crippen LogP contribution in [0.15, 0.2) is 29.0 Å². The summed E-state index contributed by atoms with van der Waals surface area (Å²) in [6, 6.07) is 0. The first-order valence-electron chi connectivity index (χ1n) is 3.43. The van der Waals surface area contributed by atoms with E-state index in [-0.39, 0.29) is 0 Å². The Labute approximate surface area is 60.9 Å². The highest BCUT2D eigenvalue weighted by atomic mass is 16.5. The normalized spacial score (nSPS) is 16.3. The fraction of sp³-hybridized carbons (Fsp3) is 0.375. The summed E-state index contributed by atoms with van der Waals surface area (Å²) in [5, 5.41) is 0. The van der Waals surface area contributed by atoms with Crippen LogP contribution >= 0.6 is 0 Å². The molecule has 2 nitrogen and oxygen atoms in total. The Kier molecular flexibility index (Phi) is 2.74. The molecule has 0 fully saturated rings. The quantitative estimate of drug-likeness (QED) is 0.565. The van der Waals surface area contributed by atoms with Crippen LogP contribution in [0.1, 0.15) is 6.92 Å². The molecule has 0 aliphatic carbocycles. The molecule has 0 bridgehead atoms. The van der Waals surface area contributed by atoms with Crippen molar-refractivity contribution in [2.45, 2.75) is 6.92 Å². The van der Waals surface area contributed by atoms with Crippen molar-refractivity contribution in [2.75, 3.05) is 13.2 Å². The summed E-state index contributed by atoms with van der Waals surface area (Å²) >= 11 is 0. The molecule has 0 saturated heterocycles. The van der Waals surface area contributed by atoms with Gasteiger partial charge < -0.3 is 4.74 Å². The van der Waals surface area contributed by atoms with Gasteiger partial charge in [0.25, 0.3) is 0 Å². The lowest BCUT2D eigenvalue weighted by Crippen LogP contribution is -1.91. The van der Waals surface area contributed by atoms with Crippen molar-refractivity contribution < 1.29 is 4.74 Å². The highest BCUT2D eigenvalue weighted by molar-refractivity contribution is 5.76. The van der Waals surface area contributed by atoms with E-state index in [1.807, 2.05) is 25.2 Å². The molecular weight excluding hydrogens is 126 g/mol. The Morgan fingerprint density at radius 3 is 3.40 bits per heavy atom. The molecule has 10 heavy (non-hydrogen) atoms. The molecule has 0 atom stereocenters. The molecular formula is C8H11NO. The van der Waals surface area contributed by atoms with E-state index >= 15 is 0 Å². The first kappa shape index (κ1) is 7.06. The fourth-order valence-electron chi connectivity index (χ4n) is 0.722. The third kappa shape index (κ3) is 2.05. The average Bonchev–Trinajstić information content (AvgIpc) is 2.17. The van der Waals surface area contributed by atoms with Gasteiger partial charge in [-0.25, -0.2) is 0 Å². The van der Waals surface area contributed by atoms with E-state index < -0.39 is 0 Å². The second kappa shape index (κ2) is 3.88. The third-order valence-corrected chi connectivity index (χ3v) is 1.14. The van der Waals surface area contributed by atoms with Gasteiger partial charge in [-0.1, -0.05) is 12.2 Å². The molecule has 0 saturated carbocycles. The minimum absolute atomic E-state index is 0.700. The van der Waals surface area contributed by atoms with Gasteiger partial charge in [-0.15, -0.1) is 0 Å². The van der Waals surface area contributed by atoms with Gasteiger partial charge in [0.15, 0.2) is 0 Å². The maximum absolute atomic E-state index is 5.22. The SMILES string of the molecule is CCOC1=CC=CCN=C1. The fourth-order valence-corrected chi connectivity index (χ4v) is 0.722. The van der Waals surface area contributed by atoms with Crippen molar-refractivity contribution in [3.05, 3.63) is 24.0 Å². The van der Waals surface area contributed by atoms with Gasteiger partial charge in [0.2, 0.25) is 0 Å². The van der Waals surface area contributed by atoms with Crippen LogP contribution in [0.25, 0.3) is 0 Å². The number of ether oxygens (including phenoxy) is 1. The number of hydrogen-bond acceptors (Lipinski definition) is 2. The summed E-state index contributed by atoms with van der Waals surface area (Å²) in [5.74, 6) is 0.844. The number of aliphatic imine (C=N–C) groups is 1. The molecule has 2 heteroatoms. The van der Waals surface area contributed by atoms with Crippen LogP contribution in [-0.2, 0) is 4.74 Å². The van der Waals surface area contributed by atoms with Crippen molar-refractivity contribution in [1.29, 1.82) is 0 Å². The van der Waals surface area contributed by atoms with Crippen LogP contribution in [0, 0.1) is 0 Å². The monoisotopic (exact) mass is 137 g/mol. The van der Waals surface area contributed by atoms with E-state index in [1.165, 1.54) is 0 Å². The summed E-state index contributed by atoms with van der Waals surface area (Å²) in [5.41, 5.74) is 0. The van der Waals surface area contributed by atoms with Crippen LogP contribution in [0.5, 0.6) is 0 Å². The van der Waals surface area contributed by atoms with Gasteiger partial charge in [0.1, 0.15) is 5.76 Å². The molecule has 1 aliphatic heterocycles. The van der Waals surface area contributed by atoms with Crippen molar-refractivity contribution >= 4 is 6.21 Å². The lowest BCUT2D eigenvalue weighted by molar-refractivity contribution is 0.251. The van der Waals surface area contributed by atoms with Crippen LogP contribution in [-0.4, -0.2) is 19.4 Å². The van der Waals surface area contributed by atoms with Crippen LogP contribution in [0.4, 0.5) is 0 Å². The molecule has 0 amide bonds. The lowest BCUT2D eigenvalue weighted by Gasteiger charge is -1.99. The van der Waals surface area contributed by atoms with Gasteiger partial charge in [-0.2, -0.15) is 0 Å². The topological polar surface area (TPSA) is 21.6 Å². The zero-order chi connectivity index (χ0) is 7.23. The molecule has 1 aliphatic rings. The lowest BCUT2D eigenvalue weighted by atomic mass is 10.4. The van der Waals surface area contributed by atoms with Crippen LogP contribution in [0.3, 0.4) is 0 Å². The van der Waals surface area contributed by atoms with E-state index in [0.717, 1.165) is 12.3 Å². The molecule has 0 aromatic heterocycles. The first-order valence-corrected chi connectivity index (χ1v) is 3.43. The van der Waals surface area contributed by atoms with Gasteiger partial charge in [-0.3, -0.25) is 4.99 Å². The second-order valence-electron chi connectivity index (χ2n) is 1.92. The summed E-state index contributed by atoms with van der Waals surface area (Å²) in [6.07, 6.45) is 7.62. The zero-order valence-electron chi connectivity index (χ0n) is 6.08. The molecule has 1 rings (SSSR count). The first-order chi connectivity index (χ1) is 4.93. The van der Waals surface area contributed by atoms with Crippen LogP contribution < -0.4 is 0 Å². The van der Waals surface area contributed by atoms with E-state index in [4.69, 9.17) is 4.74 Å². The predicted octanol–water partition coefficient (Wildman–Crippen LogP) is 1.55. The van der Waals surface area contributed by atoms with Crippen molar-refractivity contribution in [3.8, 4) is 0 Å². The smallest absolute Gasteiger partial charge is 0.137 e. The molecule has 0 spiro atoms. The highest BCUT2D eigenvalue weighted by Gasteiger charge is 1.90. The zero-order valence-corrected chi connectivity index (χ0v) is 6.08.